The summed E-state index contributed by atoms with van der Waals surface area (Å²) in [6, 6.07) is 67.1. The van der Waals surface area contributed by atoms with Gasteiger partial charge in [-0.3, -0.25) is 0 Å². The van der Waals surface area contributed by atoms with E-state index in [0.29, 0.717) is 5.92 Å². The molecule has 280 valence electrons. The van der Waals surface area contributed by atoms with Crippen LogP contribution in [0.15, 0.2) is 200 Å². The van der Waals surface area contributed by atoms with E-state index in [1.807, 2.05) is 11.3 Å². The van der Waals surface area contributed by atoms with Gasteiger partial charge in [-0.2, -0.15) is 0 Å². The molecule has 1 aliphatic rings. The standard InChI is InChI=1S/C56H45NS/c1-38-26-27-44(37-53(38)50-20-9-8-18-47(50)39(2)36-40-14-4-3-5-15-40)41-28-32-45(33-29-41)57(54-24-12-17-42-16-6-7-19-48(42)54)46-34-30-43(31-35-46)49-22-13-23-52-51-21-10-11-25-55(51)58-56(49)52/h3-8,10-19,21-35,37,39H,9,20,36H2,1-2H3. The van der Waals surface area contributed by atoms with Gasteiger partial charge in [-0.1, -0.05) is 159 Å². The second-order valence-corrected chi connectivity index (χ2v) is 16.8. The molecule has 1 heterocycles. The number of fused-ring (bicyclic) bond motifs is 4. The topological polar surface area (TPSA) is 3.24 Å². The van der Waals surface area contributed by atoms with Gasteiger partial charge in [0.2, 0.25) is 0 Å². The first-order valence-corrected chi connectivity index (χ1v) is 21.3. The van der Waals surface area contributed by atoms with Crippen LogP contribution in [0.1, 0.15) is 36.5 Å². The minimum absolute atomic E-state index is 0.440. The second-order valence-electron chi connectivity index (χ2n) is 15.7. The molecule has 0 bridgehead atoms. The highest BCUT2D eigenvalue weighted by Gasteiger charge is 2.20. The number of nitrogens with zero attached hydrogens (tertiary/aromatic N) is 1. The third kappa shape index (κ3) is 6.74. The molecule has 1 aromatic heterocycles. The van der Waals surface area contributed by atoms with E-state index in [1.165, 1.54) is 81.0 Å². The highest BCUT2D eigenvalue weighted by Crippen LogP contribution is 2.43. The quantitative estimate of drug-likeness (QED) is 0.142. The fraction of sp³-hybridized carbons (Fsp3) is 0.107. The van der Waals surface area contributed by atoms with Gasteiger partial charge >= 0.3 is 0 Å². The van der Waals surface area contributed by atoms with Gasteiger partial charge in [-0.25, -0.2) is 0 Å². The SMILES string of the molecule is Cc1ccc(-c2ccc(N(c3ccc(-c4cccc5c4sc4ccccc45)cc3)c3cccc4ccccc34)cc2)cc1C1=C(C(C)Cc2ccccc2)C=CCC1. The summed E-state index contributed by atoms with van der Waals surface area (Å²) >= 11 is 1.88. The fourth-order valence-electron chi connectivity index (χ4n) is 9.04. The Balaban J connectivity index is 1.02. The molecule has 0 amide bonds. The molecule has 1 unspecified atom stereocenters. The van der Waals surface area contributed by atoms with Crippen LogP contribution in [0.25, 0.3) is 58.8 Å². The van der Waals surface area contributed by atoms with Crippen LogP contribution in [0.3, 0.4) is 0 Å². The Kier molecular flexibility index (Phi) is 9.57. The molecule has 0 N–H and O–H groups in total. The van der Waals surface area contributed by atoms with Gasteiger partial charge in [0.15, 0.2) is 0 Å². The van der Waals surface area contributed by atoms with E-state index in [9.17, 15) is 0 Å². The lowest BCUT2D eigenvalue weighted by atomic mass is 9.81. The zero-order valence-electron chi connectivity index (χ0n) is 33.0. The smallest absolute Gasteiger partial charge is 0.0540 e. The molecule has 10 rings (SSSR count). The zero-order valence-corrected chi connectivity index (χ0v) is 33.8. The second kappa shape index (κ2) is 15.5. The van der Waals surface area contributed by atoms with Crippen LogP contribution in [0.2, 0.25) is 0 Å². The lowest BCUT2D eigenvalue weighted by molar-refractivity contribution is 0.688. The van der Waals surface area contributed by atoms with Gasteiger partial charge in [0.05, 0.1) is 5.69 Å². The summed E-state index contributed by atoms with van der Waals surface area (Å²) < 4.78 is 2.67. The van der Waals surface area contributed by atoms with Crippen molar-refractivity contribution >= 4 is 64.9 Å². The van der Waals surface area contributed by atoms with Crippen molar-refractivity contribution in [1.29, 1.82) is 0 Å². The van der Waals surface area contributed by atoms with Crippen LogP contribution in [0, 0.1) is 12.8 Å². The molecule has 8 aromatic carbocycles. The third-order valence-electron chi connectivity index (χ3n) is 12.0. The van der Waals surface area contributed by atoms with Crippen LogP contribution in [-0.4, -0.2) is 0 Å². The molecular weight excluding hydrogens is 719 g/mol. The van der Waals surface area contributed by atoms with E-state index in [2.05, 4.69) is 213 Å². The molecule has 1 aliphatic carbocycles. The number of thiophene rings is 1. The molecule has 0 saturated carbocycles. The van der Waals surface area contributed by atoms with Gasteiger partial charge in [0, 0.05) is 36.9 Å². The van der Waals surface area contributed by atoms with Crippen molar-refractivity contribution in [2.24, 2.45) is 5.92 Å². The van der Waals surface area contributed by atoms with Crippen molar-refractivity contribution in [3.8, 4) is 22.3 Å². The molecule has 0 saturated heterocycles. The maximum atomic E-state index is 2.44. The average molecular weight is 764 g/mol. The summed E-state index contributed by atoms with van der Waals surface area (Å²) in [4.78, 5) is 2.41. The van der Waals surface area contributed by atoms with Crippen molar-refractivity contribution < 1.29 is 0 Å². The fourth-order valence-corrected chi connectivity index (χ4v) is 10.3. The predicted molar refractivity (Wildman–Crippen MR) is 252 cm³/mol. The van der Waals surface area contributed by atoms with Crippen LogP contribution < -0.4 is 4.90 Å². The molecule has 2 heteroatoms. The number of hydrogen-bond acceptors (Lipinski definition) is 2. The van der Waals surface area contributed by atoms with Crippen LogP contribution in [0.5, 0.6) is 0 Å². The van der Waals surface area contributed by atoms with Crippen molar-refractivity contribution in [2.45, 2.75) is 33.1 Å². The minimum atomic E-state index is 0.440. The van der Waals surface area contributed by atoms with Gasteiger partial charge in [0.1, 0.15) is 0 Å². The maximum Gasteiger partial charge on any atom is 0.0540 e. The van der Waals surface area contributed by atoms with Gasteiger partial charge in [-0.05, 0) is 130 Å². The first-order chi connectivity index (χ1) is 28.6. The van der Waals surface area contributed by atoms with E-state index in [-0.39, 0.29) is 0 Å². The summed E-state index contributed by atoms with van der Waals surface area (Å²) in [5, 5.41) is 5.11. The van der Waals surface area contributed by atoms with Gasteiger partial charge in [0.25, 0.3) is 0 Å². The predicted octanol–water partition coefficient (Wildman–Crippen LogP) is 16.3. The van der Waals surface area contributed by atoms with Crippen molar-refractivity contribution in [3.05, 3.63) is 216 Å². The molecule has 0 radical (unpaired) electrons. The molecule has 0 fully saturated rings. The van der Waals surface area contributed by atoms with Crippen LogP contribution in [-0.2, 0) is 6.42 Å². The zero-order chi connectivity index (χ0) is 39.0. The summed E-state index contributed by atoms with van der Waals surface area (Å²) in [6.45, 7) is 4.65. The Hall–Kier alpha value is -6.48. The van der Waals surface area contributed by atoms with Crippen molar-refractivity contribution in [3.63, 3.8) is 0 Å². The average Bonchev–Trinajstić information content (AvgIpc) is 3.67. The number of benzene rings is 8. The van der Waals surface area contributed by atoms with E-state index in [0.717, 1.165) is 36.3 Å². The molecular formula is C56H45NS. The van der Waals surface area contributed by atoms with Crippen molar-refractivity contribution in [1.82, 2.24) is 0 Å². The van der Waals surface area contributed by atoms with Crippen LogP contribution >= 0.6 is 11.3 Å². The Morgan fingerprint density at radius 1 is 0.569 bits per heavy atom. The maximum absolute atomic E-state index is 2.44. The van der Waals surface area contributed by atoms with Gasteiger partial charge in [-0.15, -0.1) is 11.3 Å². The summed E-state index contributed by atoms with van der Waals surface area (Å²) in [7, 11) is 0. The largest absolute Gasteiger partial charge is 0.310 e. The Morgan fingerprint density at radius 2 is 1.22 bits per heavy atom. The highest BCUT2D eigenvalue weighted by atomic mass is 32.1. The third-order valence-corrected chi connectivity index (χ3v) is 13.2. The number of rotatable bonds is 9. The molecule has 0 aliphatic heterocycles. The van der Waals surface area contributed by atoms with E-state index in [1.54, 1.807) is 0 Å². The van der Waals surface area contributed by atoms with Crippen molar-refractivity contribution in [2.75, 3.05) is 4.90 Å². The Bertz CT molecular complexity index is 2980. The molecule has 0 spiro atoms. The monoisotopic (exact) mass is 763 g/mol. The van der Waals surface area contributed by atoms with Gasteiger partial charge < -0.3 is 4.90 Å². The van der Waals surface area contributed by atoms with E-state index in [4.69, 9.17) is 0 Å². The molecule has 9 aromatic rings. The normalized spacial score (nSPS) is 13.4. The molecule has 1 nitrogen and oxygen atoms in total. The Labute approximate surface area is 345 Å². The minimum Gasteiger partial charge on any atom is -0.310 e. The first-order valence-electron chi connectivity index (χ1n) is 20.5. The molecule has 1 atom stereocenters. The van der Waals surface area contributed by atoms with E-state index < -0.39 is 0 Å². The first kappa shape index (κ1) is 35.9. The van der Waals surface area contributed by atoms with E-state index >= 15 is 0 Å². The Morgan fingerprint density at radius 3 is 2.03 bits per heavy atom. The number of hydrogen-bond donors (Lipinski definition) is 0. The number of allylic oxidation sites excluding steroid dienone is 4. The lowest BCUT2D eigenvalue weighted by Crippen LogP contribution is -2.10. The molecule has 58 heavy (non-hydrogen) atoms. The summed E-state index contributed by atoms with van der Waals surface area (Å²) in [5.74, 6) is 0.440. The van der Waals surface area contributed by atoms with Crippen LogP contribution in [0.4, 0.5) is 17.1 Å². The summed E-state index contributed by atoms with van der Waals surface area (Å²) in [6.07, 6.45) is 7.96. The lowest BCUT2D eigenvalue weighted by Gasteiger charge is -2.27. The highest BCUT2D eigenvalue weighted by molar-refractivity contribution is 7.26. The number of anilines is 3. The number of aryl methyl sites for hydroxylation is 1. The summed E-state index contributed by atoms with van der Waals surface area (Å²) in [5.41, 5.74) is 15.5.